The van der Waals surface area contributed by atoms with Crippen LogP contribution in [0.2, 0.25) is 0 Å². The molecule has 0 saturated carbocycles. The Hall–Kier alpha value is -3.15. The number of para-hydroxylation sites is 3. The molecule has 1 amide bonds. The minimum atomic E-state index is -0.135. The second-order valence-corrected chi connectivity index (χ2v) is 6.62. The molecule has 0 unspecified atom stereocenters. The lowest BCUT2D eigenvalue weighted by Gasteiger charge is -2.20. The first-order chi connectivity index (χ1) is 13.2. The maximum Gasteiger partial charge on any atom is 0.230 e. The van der Waals surface area contributed by atoms with E-state index in [0.29, 0.717) is 11.6 Å². The summed E-state index contributed by atoms with van der Waals surface area (Å²) in [5.41, 5.74) is 2.45. The summed E-state index contributed by atoms with van der Waals surface area (Å²) in [6.07, 6.45) is 2.48. The summed E-state index contributed by atoms with van der Waals surface area (Å²) in [5, 5.41) is 2.97. The second-order valence-electron chi connectivity index (χ2n) is 6.62. The SMILES string of the molecule is COc1ccccc1CC(=O)Nc1nc2ccccc2nc1N1CCCC1. The highest BCUT2D eigenvalue weighted by Gasteiger charge is 2.21. The van der Waals surface area contributed by atoms with Crippen LogP contribution in [0.25, 0.3) is 11.0 Å². The van der Waals surface area contributed by atoms with Gasteiger partial charge in [0.15, 0.2) is 11.6 Å². The number of anilines is 2. The number of nitrogens with one attached hydrogen (secondary N) is 1. The lowest BCUT2D eigenvalue weighted by atomic mass is 10.1. The summed E-state index contributed by atoms with van der Waals surface area (Å²) in [4.78, 5) is 24.3. The van der Waals surface area contributed by atoms with Gasteiger partial charge in [0.2, 0.25) is 5.91 Å². The van der Waals surface area contributed by atoms with Crippen molar-refractivity contribution in [1.29, 1.82) is 0 Å². The quantitative estimate of drug-likeness (QED) is 0.753. The number of ether oxygens (including phenoxy) is 1. The van der Waals surface area contributed by atoms with E-state index in [1.165, 1.54) is 0 Å². The van der Waals surface area contributed by atoms with Gasteiger partial charge in [-0.25, -0.2) is 9.97 Å². The number of benzene rings is 2. The van der Waals surface area contributed by atoms with Crippen molar-refractivity contribution in [3.63, 3.8) is 0 Å². The van der Waals surface area contributed by atoms with Gasteiger partial charge in [0, 0.05) is 18.7 Å². The molecule has 1 N–H and O–H groups in total. The normalized spacial score (nSPS) is 13.7. The fourth-order valence-electron chi connectivity index (χ4n) is 3.42. The number of carbonyl (C=O) groups is 1. The number of hydrogen-bond donors (Lipinski definition) is 1. The third kappa shape index (κ3) is 3.69. The summed E-state index contributed by atoms with van der Waals surface area (Å²) >= 11 is 0. The third-order valence-corrected chi connectivity index (χ3v) is 4.76. The Bertz CT molecular complexity index is 967. The lowest BCUT2D eigenvalue weighted by molar-refractivity contribution is -0.115. The van der Waals surface area contributed by atoms with E-state index in [1.54, 1.807) is 7.11 Å². The number of amides is 1. The molecule has 1 aromatic heterocycles. The molecule has 1 aliphatic heterocycles. The highest BCUT2D eigenvalue weighted by atomic mass is 16.5. The van der Waals surface area contributed by atoms with Crippen LogP contribution in [0, 0.1) is 0 Å². The van der Waals surface area contributed by atoms with Crippen LogP contribution < -0.4 is 15.0 Å². The largest absolute Gasteiger partial charge is 0.496 e. The van der Waals surface area contributed by atoms with Crippen LogP contribution in [0.15, 0.2) is 48.5 Å². The highest BCUT2D eigenvalue weighted by Crippen LogP contribution is 2.28. The fourth-order valence-corrected chi connectivity index (χ4v) is 3.42. The van der Waals surface area contributed by atoms with E-state index < -0.39 is 0 Å². The number of methoxy groups -OCH3 is 1. The molecular weight excluding hydrogens is 340 g/mol. The number of nitrogens with zero attached hydrogens (tertiary/aromatic N) is 3. The summed E-state index contributed by atoms with van der Waals surface area (Å²) in [5.74, 6) is 1.84. The summed E-state index contributed by atoms with van der Waals surface area (Å²) in [6, 6.07) is 15.3. The number of rotatable bonds is 5. The monoisotopic (exact) mass is 362 g/mol. The van der Waals surface area contributed by atoms with Crippen LogP contribution in [0.1, 0.15) is 18.4 Å². The zero-order valence-electron chi connectivity index (χ0n) is 15.3. The average molecular weight is 362 g/mol. The molecule has 0 radical (unpaired) electrons. The van der Waals surface area contributed by atoms with E-state index in [1.807, 2.05) is 48.5 Å². The Morgan fingerprint density at radius 1 is 1.04 bits per heavy atom. The van der Waals surface area contributed by atoms with Gasteiger partial charge in [0.1, 0.15) is 5.75 Å². The standard InChI is InChI=1S/C21H22N4O2/c1-27-18-11-5-2-8-15(18)14-19(26)24-20-21(25-12-6-7-13-25)23-17-10-4-3-9-16(17)22-20/h2-5,8-11H,6-7,12-14H2,1H3,(H,22,24,26). The molecule has 0 aliphatic carbocycles. The number of carbonyl (C=O) groups excluding carboxylic acids is 1. The van der Waals surface area contributed by atoms with Crippen molar-refractivity contribution in [2.75, 3.05) is 30.4 Å². The predicted molar refractivity (Wildman–Crippen MR) is 106 cm³/mol. The van der Waals surface area contributed by atoms with Crippen molar-refractivity contribution < 1.29 is 9.53 Å². The van der Waals surface area contributed by atoms with E-state index in [2.05, 4.69) is 15.2 Å². The van der Waals surface area contributed by atoms with Gasteiger partial charge in [-0.15, -0.1) is 0 Å². The van der Waals surface area contributed by atoms with Gasteiger partial charge in [-0.3, -0.25) is 4.79 Å². The average Bonchev–Trinajstić information content (AvgIpc) is 3.22. The van der Waals surface area contributed by atoms with E-state index in [9.17, 15) is 4.79 Å². The Morgan fingerprint density at radius 2 is 1.70 bits per heavy atom. The third-order valence-electron chi connectivity index (χ3n) is 4.76. The molecule has 6 nitrogen and oxygen atoms in total. The minimum absolute atomic E-state index is 0.135. The van der Waals surface area contributed by atoms with Gasteiger partial charge in [-0.2, -0.15) is 0 Å². The molecule has 3 aromatic rings. The fraction of sp³-hybridized carbons (Fsp3) is 0.286. The summed E-state index contributed by atoms with van der Waals surface area (Å²) in [6.45, 7) is 1.87. The lowest BCUT2D eigenvalue weighted by Crippen LogP contribution is -2.24. The van der Waals surface area contributed by atoms with Crippen molar-refractivity contribution in [3.8, 4) is 5.75 Å². The smallest absolute Gasteiger partial charge is 0.230 e. The van der Waals surface area contributed by atoms with E-state index >= 15 is 0 Å². The number of aromatic nitrogens is 2. The maximum atomic E-state index is 12.7. The molecule has 138 valence electrons. The van der Waals surface area contributed by atoms with Crippen molar-refractivity contribution in [2.45, 2.75) is 19.3 Å². The first kappa shape index (κ1) is 17.3. The summed E-state index contributed by atoms with van der Waals surface area (Å²) in [7, 11) is 1.61. The molecule has 27 heavy (non-hydrogen) atoms. The van der Waals surface area contributed by atoms with Gasteiger partial charge in [0.05, 0.1) is 24.6 Å². The first-order valence-electron chi connectivity index (χ1n) is 9.18. The molecular formula is C21H22N4O2. The maximum absolute atomic E-state index is 12.7. The molecule has 0 spiro atoms. The van der Waals surface area contributed by atoms with E-state index in [4.69, 9.17) is 9.72 Å². The van der Waals surface area contributed by atoms with Crippen molar-refractivity contribution in [3.05, 3.63) is 54.1 Å². The van der Waals surface area contributed by atoms with Crippen LogP contribution in [0.3, 0.4) is 0 Å². The first-order valence-corrected chi connectivity index (χ1v) is 9.18. The highest BCUT2D eigenvalue weighted by molar-refractivity contribution is 5.95. The zero-order chi connectivity index (χ0) is 18.6. The van der Waals surface area contributed by atoms with Crippen molar-refractivity contribution in [2.24, 2.45) is 0 Å². The van der Waals surface area contributed by atoms with E-state index in [0.717, 1.165) is 48.3 Å². The Balaban J connectivity index is 1.63. The van der Waals surface area contributed by atoms with Gasteiger partial charge in [0.25, 0.3) is 0 Å². The predicted octanol–water partition coefficient (Wildman–Crippen LogP) is 3.42. The molecule has 0 atom stereocenters. The van der Waals surface area contributed by atoms with Gasteiger partial charge in [-0.05, 0) is 31.0 Å². The van der Waals surface area contributed by atoms with Crippen molar-refractivity contribution >= 4 is 28.6 Å². The van der Waals surface area contributed by atoms with Crippen LogP contribution in [-0.4, -0.2) is 36.1 Å². The molecule has 0 bridgehead atoms. The molecule has 1 saturated heterocycles. The van der Waals surface area contributed by atoms with Crippen molar-refractivity contribution in [1.82, 2.24) is 9.97 Å². The molecule has 1 aliphatic rings. The Labute approximate surface area is 158 Å². The zero-order valence-corrected chi connectivity index (χ0v) is 15.3. The Morgan fingerprint density at radius 3 is 2.44 bits per heavy atom. The molecule has 2 heterocycles. The minimum Gasteiger partial charge on any atom is -0.496 e. The molecule has 4 rings (SSSR count). The number of fused-ring (bicyclic) bond motifs is 1. The Kier molecular flexibility index (Phi) is 4.87. The van der Waals surface area contributed by atoms with Crippen LogP contribution in [-0.2, 0) is 11.2 Å². The molecule has 2 aromatic carbocycles. The van der Waals surface area contributed by atoms with Gasteiger partial charge < -0.3 is 15.0 Å². The number of hydrogen-bond acceptors (Lipinski definition) is 5. The topological polar surface area (TPSA) is 67.3 Å². The second kappa shape index (κ2) is 7.61. The molecule has 6 heteroatoms. The van der Waals surface area contributed by atoms with Gasteiger partial charge in [-0.1, -0.05) is 30.3 Å². The van der Waals surface area contributed by atoms with Crippen LogP contribution in [0.4, 0.5) is 11.6 Å². The molecule has 1 fully saturated rings. The van der Waals surface area contributed by atoms with Crippen LogP contribution in [0.5, 0.6) is 5.75 Å². The van der Waals surface area contributed by atoms with Crippen LogP contribution >= 0.6 is 0 Å². The summed E-state index contributed by atoms with van der Waals surface area (Å²) < 4.78 is 5.34. The van der Waals surface area contributed by atoms with Gasteiger partial charge >= 0.3 is 0 Å². The van der Waals surface area contributed by atoms with E-state index in [-0.39, 0.29) is 12.3 Å².